The monoisotopic (exact) mass is 245 g/mol. The van der Waals surface area contributed by atoms with Crippen molar-refractivity contribution in [3.05, 3.63) is 46.8 Å². The van der Waals surface area contributed by atoms with Crippen molar-refractivity contribution in [3.8, 4) is 10.4 Å². The van der Waals surface area contributed by atoms with Crippen LogP contribution in [-0.2, 0) is 0 Å². The Hall–Kier alpha value is -1.12. The van der Waals surface area contributed by atoms with Crippen molar-refractivity contribution >= 4 is 11.3 Å². The summed E-state index contributed by atoms with van der Waals surface area (Å²) in [5.74, 6) is 0.556. The average Bonchev–Trinajstić information content (AvgIpc) is 2.79. The smallest absolute Gasteiger partial charge is 0.0380 e. The van der Waals surface area contributed by atoms with Crippen molar-refractivity contribution in [2.75, 3.05) is 13.6 Å². The molecule has 90 valence electrons. The highest BCUT2D eigenvalue weighted by molar-refractivity contribution is 7.13. The third-order valence-corrected chi connectivity index (χ3v) is 4.09. The number of thiophene rings is 1. The number of hydrogen-bond acceptors (Lipinski definition) is 2. The van der Waals surface area contributed by atoms with Crippen LogP contribution in [0, 0.1) is 6.92 Å². The van der Waals surface area contributed by atoms with Crippen LogP contribution in [0.25, 0.3) is 10.4 Å². The SMILES string of the molecule is CNCC(C)c1ccsc1-c1ccccc1C. The summed E-state index contributed by atoms with van der Waals surface area (Å²) in [5, 5.41) is 5.45. The van der Waals surface area contributed by atoms with Gasteiger partial charge >= 0.3 is 0 Å². The lowest BCUT2D eigenvalue weighted by atomic mass is 9.97. The van der Waals surface area contributed by atoms with Gasteiger partial charge in [0.15, 0.2) is 0 Å². The second-order valence-corrected chi connectivity index (χ2v) is 5.39. The maximum Gasteiger partial charge on any atom is 0.0380 e. The molecular weight excluding hydrogens is 226 g/mol. The third-order valence-electron chi connectivity index (χ3n) is 3.13. The van der Waals surface area contributed by atoms with Crippen molar-refractivity contribution in [1.82, 2.24) is 5.32 Å². The molecular formula is C15H19NS. The van der Waals surface area contributed by atoms with E-state index in [4.69, 9.17) is 0 Å². The van der Waals surface area contributed by atoms with Gasteiger partial charge in [0.25, 0.3) is 0 Å². The minimum Gasteiger partial charge on any atom is -0.319 e. The normalized spacial score (nSPS) is 12.6. The molecule has 0 aliphatic carbocycles. The molecule has 2 rings (SSSR count). The molecule has 1 heterocycles. The summed E-state index contributed by atoms with van der Waals surface area (Å²) in [6, 6.07) is 10.9. The highest BCUT2D eigenvalue weighted by atomic mass is 32.1. The van der Waals surface area contributed by atoms with E-state index in [2.05, 4.69) is 54.9 Å². The van der Waals surface area contributed by atoms with Gasteiger partial charge < -0.3 is 5.32 Å². The first-order valence-corrected chi connectivity index (χ1v) is 6.90. The van der Waals surface area contributed by atoms with E-state index in [9.17, 15) is 0 Å². The number of aryl methyl sites for hydroxylation is 1. The third kappa shape index (κ3) is 2.59. The molecule has 0 bridgehead atoms. The van der Waals surface area contributed by atoms with Gasteiger partial charge in [-0.15, -0.1) is 11.3 Å². The predicted octanol–water partition coefficient (Wildman–Crippen LogP) is 4.05. The van der Waals surface area contributed by atoms with Gasteiger partial charge in [0.05, 0.1) is 0 Å². The largest absolute Gasteiger partial charge is 0.319 e. The minimum atomic E-state index is 0.556. The van der Waals surface area contributed by atoms with E-state index in [1.165, 1.54) is 21.6 Å². The van der Waals surface area contributed by atoms with Crippen molar-refractivity contribution in [1.29, 1.82) is 0 Å². The first-order chi connectivity index (χ1) is 8.24. The van der Waals surface area contributed by atoms with Crippen LogP contribution < -0.4 is 5.32 Å². The Kier molecular flexibility index (Phi) is 3.97. The second-order valence-electron chi connectivity index (χ2n) is 4.48. The van der Waals surface area contributed by atoms with Crippen molar-refractivity contribution in [2.24, 2.45) is 0 Å². The topological polar surface area (TPSA) is 12.0 Å². The fourth-order valence-electron chi connectivity index (χ4n) is 2.17. The zero-order valence-corrected chi connectivity index (χ0v) is 11.5. The lowest BCUT2D eigenvalue weighted by molar-refractivity contribution is 0.680. The Labute approximate surface area is 108 Å². The van der Waals surface area contributed by atoms with Crippen LogP contribution in [-0.4, -0.2) is 13.6 Å². The molecule has 1 unspecified atom stereocenters. The summed E-state index contributed by atoms with van der Waals surface area (Å²) < 4.78 is 0. The Morgan fingerprint density at radius 3 is 2.71 bits per heavy atom. The summed E-state index contributed by atoms with van der Waals surface area (Å²) in [6.07, 6.45) is 0. The lowest BCUT2D eigenvalue weighted by Gasteiger charge is -2.13. The van der Waals surface area contributed by atoms with Gasteiger partial charge in [0.2, 0.25) is 0 Å². The molecule has 1 aromatic heterocycles. The van der Waals surface area contributed by atoms with Gasteiger partial charge in [-0.1, -0.05) is 31.2 Å². The Morgan fingerprint density at radius 1 is 1.24 bits per heavy atom. The van der Waals surface area contributed by atoms with Gasteiger partial charge in [0.1, 0.15) is 0 Å². The van der Waals surface area contributed by atoms with Crippen LogP contribution >= 0.6 is 11.3 Å². The number of rotatable bonds is 4. The van der Waals surface area contributed by atoms with Crippen LogP contribution in [0.3, 0.4) is 0 Å². The number of nitrogens with one attached hydrogen (secondary N) is 1. The van der Waals surface area contributed by atoms with Crippen LogP contribution in [0.15, 0.2) is 35.7 Å². The molecule has 17 heavy (non-hydrogen) atoms. The first-order valence-electron chi connectivity index (χ1n) is 6.02. The fourth-order valence-corrected chi connectivity index (χ4v) is 3.28. The molecule has 2 heteroatoms. The van der Waals surface area contributed by atoms with Gasteiger partial charge in [0, 0.05) is 11.4 Å². The molecule has 1 nitrogen and oxygen atoms in total. The first kappa shape index (κ1) is 12.3. The fraction of sp³-hybridized carbons (Fsp3) is 0.333. The molecule has 2 aromatic rings. The maximum atomic E-state index is 3.25. The number of benzene rings is 1. The molecule has 1 atom stereocenters. The lowest BCUT2D eigenvalue weighted by Crippen LogP contribution is -2.14. The Balaban J connectivity index is 2.40. The molecule has 0 amide bonds. The van der Waals surface area contributed by atoms with Gasteiger partial charge in [-0.3, -0.25) is 0 Å². The van der Waals surface area contributed by atoms with Crippen LogP contribution in [0.4, 0.5) is 0 Å². The highest BCUT2D eigenvalue weighted by Crippen LogP contribution is 2.35. The summed E-state index contributed by atoms with van der Waals surface area (Å²) in [4.78, 5) is 1.42. The van der Waals surface area contributed by atoms with Crippen molar-refractivity contribution in [2.45, 2.75) is 19.8 Å². The predicted molar refractivity (Wildman–Crippen MR) is 76.8 cm³/mol. The molecule has 0 saturated carbocycles. The standard InChI is InChI=1S/C15H19NS/c1-11-6-4-5-7-13(11)15-14(8-9-17-15)12(2)10-16-3/h4-9,12,16H,10H2,1-3H3. The molecule has 0 saturated heterocycles. The van der Waals surface area contributed by atoms with E-state index >= 15 is 0 Å². The van der Waals surface area contributed by atoms with E-state index in [1.807, 2.05) is 18.4 Å². The summed E-state index contributed by atoms with van der Waals surface area (Å²) in [6.45, 7) is 5.48. The van der Waals surface area contributed by atoms with E-state index < -0.39 is 0 Å². The zero-order chi connectivity index (χ0) is 12.3. The second kappa shape index (κ2) is 5.48. The van der Waals surface area contributed by atoms with Gasteiger partial charge in [-0.25, -0.2) is 0 Å². The van der Waals surface area contributed by atoms with Gasteiger partial charge in [-0.2, -0.15) is 0 Å². The van der Waals surface area contributed by atoms with E-state index in [0.29, 0.717) is 5.92 Å². The van der Waals surface area contributed by atoms with Gasteiger partial charge in [-0.05, 0) is 48.0 Å². The zero-order valence-electron chi connectivity index (χ0n) is 10.7. The van der Waals surface area contributed by atoms with Crippen LogP contribution in [0.5, 0.6) is 0 Å². The molecule has 1 aromatic carbocycles. The summed E-state index contributed by atoms with van der Waals surface area (Å²) in [5.41, 5.74) is 4.19. The number of likely N-dealkylation sites (N-methyl/N-ethyl adjacent to an activating group) is 1. The highest BCUT2D eigenvalue weighted by Gasteiger charge is 2.13. The van der Waals surface area contributed by atoms with Crippen LogP contribution in [0.2, 0.25) is 0 Å². The molecule has 0 fully saturated rings. The Bertz CT molecular complexity index is 487. The minimum absolute atomic E-state index is 0.556. The molecule has 0 spiro atoms. The molecule has 0 aliphatic rings. The number of hydrogen-bond donors (Lipinski definition) is 1. The summed E-state index contributed by atoms with van der Waals surface area (Å²) in [7, 11) is 2.01. The molecule has 0 aliphatic heterocycles. The van der Waals surface area contributed by atoms with E-state index in [0.717, 1.165) is 6.54 Å². The maximum absolute atomic E-state index is 3.25. The molecule has 1 N–H and O–H groups in total. The molecule has 0 radical (unpaired) electrons. The summed E-state index contributed by atoms with van der Waals surface area (Å²) >= 11 is 1.84. The van der Waals surface area contributed by atoms with Crippen molar-refractivity contribution in [3.63, 3.8) is 0 Å². The average molecular weight is 245 g/mol. The Morgan fingerprint density at radius 2 is 2.00 bits per heavy atom. The quantitative estimate of drug-likeness (QED) is 0.857. The van der Waals surface area contributed by atoms with E-state index in [-0.39, 0.29) is 0 Å². The van der Waals surface area contributed by atoms with Crippen molar-refractivity contribution < 1.29 is 0 Å². The van der Waals surface area contributed by atoms with E-state index in [1.54, 1.807) is 0 Å². The van der Waals surface area contributed by atoms with Crippen LogP contribution in [0.1, 0.15) is 24.0 Å².